The van der Waals surface area contributed by atoms with Crippen LogP contribution in [0.25, 0.3) is 22.0 Å². The van der Waals surface area contributed by atoms with Crippen LogP contribution in [0, 0.1) is 11.8 Å². The number of phenols is 1. The van der Waals surface area contributed by atoms with Gasteiger partial charge in [-0.15, -0.1) is 0 Å². The van der Waals surface area contributed by atoms with Crippen molar-refractivity contribution in [3.63, 3.8) is 0 Å². The number of fused-ring (bicyclic) bond motifs is 1. The van der Waals surface area contributed by atoms with Gasteiger partial charge in [0.25, 0.3) is 0 Å². The Bertz CT molecular complexity index is 1300. The number of carbonyl (C=O) groups is 1. The van der Waals surface area contributed by atoms with Gasteiger partial charge in [0, 0.05) is 23.9 Å². The van der Waals surface area contributed by atoms with Crippen LogP contribution < -0.4 is 5.32 Å². The van der Waals surface area contributed by atoms with Crippen LogP contribution in [0.3, 0.4) is 0 Å². The Labute approximate surface area is 228 Å². The summed E-state index contributed by atoms with van der Waals surface area (Å²) in [7, 11) is 0. The van der Waals surface area contributed by atoms with E-state index < -0.39 is 0 Å². The zero-order chi connectivity index (χ0) is 25.5. The number of rotatable bonds is 7. The molecule has 0 bridgehead atoms. The fourth-order valence-electron chi connectivity index (χ4n) is 5.96. The Morgan fingerprint density at radius 3 is 2.32 bits per heavy atom. The molecule has 1 aliphatic heterocycles. The number of aromatic hydroxyl groups is 1. The maximum Gasteiger partial charge on any atom is 0.169 e. The molecule has 2 aromatic carbocycles. The second kappa shape index (κ2) is 10.4. The first kappa shape index (κ1) is 25.0. The highest BCUT2D eigenvalue weighted by molar-refractivity contribution is 6.37. The number of halogens is 2. The van der Waals surface area contributed by atoms with Crippen LogP contribution in [0.1, 0.15) is 61.7 Å². The van der Waals surface area contributed by atoms with E-state index in [1.54, 1.807) is 12.1 Å². The number of pyridine rings is 1. The summed E-state index contributed by atoms with van der Waals surface area (Å²) in [6.45, 7) is 3.77. The highest BCUT2D eigenvalue weighted by atomic mass is 35.5. The van der Waals surface area contributed by atoms with Gasteiger partial charge in [0.15, 0.2) is 11.5 Å². The van der Waals surface area contributed by atoms with E-state index in [4.69, 9.17) is 28.2 Å². The van der Waals surface area contributed by atoms with E-state index in [9.17, 15) is 9.90 Å². The third-order valence-corrected chi connectivity index (χ3v) is 8.86. The topological polar surface area (TPSA) is 65.5 Å². The third-order valence-electron chi connectivity index (χ3n) is 8.28. The molecule has 2 saturated carbocycles. The van der Waals surface area contributed by atoms with Crippen molar-refractivity contribution < 1.29 is 9.90 Å². The van der Waals surface area contributed by atoms with E-state index >= 15 is 0 Å². The molecule has 3 aliphatic rings. The number of benzene rings is 2. The van der Waals surface area contributed by atoms with E-state index in [1.165, 1.54) is 45.3 Å². The third kappa shape index (κ3) is 5.45. The molecule has 2 heterocycles. The normalized spacial score (nSPS) is 22.4. The van der Waals surface area contributed by atoms with Gasteiger partial charge in [-0.05, 0) is 112 Å². The van der Waals surface area contributed by atoms with E-state index in [2.05, 4.69) is 10.2 Å². The number of phenolic OH excluding ortho intramolecular Hbond substituents is 1. The molecule has 0 spiro atoms. The molecule has 37 heavy (non-hydrogen) atoms. The Hall–Kier alpha value is -2.34. The molecule has 0 radical (unpaired) electrons. The van der Waals surface area contributed by atoms with Crippen LogP contribution in [0.4, 0.5) is 5.82 Å². The Balaban J connectivity index is 1.25. The molecule has 2 N–H and O–H groups in total. The number of nitrogens with zero attached hydrogens (tertiary/aromatic N) is 2. The highest BCUT2D eigenvalue weighted by Crippen LogP contribution is 2.39. The summed E-state index contributed by atoms with van der Waals surface area (Å²) in [5.41, 5.74) is 3.25. The molecule has 6 rings (SSSR count). The zero-order valence-electron chi connectivity index (χ0n) is 21.0. The van der Waals surface area contributed by atoms with Crippen LogP contribution in [0.15, 0.2) is 36.4 Å². The SMILES string of the molecule is O=C(c1cc2cc(-c3cc(Cl)c(O)c(Cl)c3)ccc2nc1NC1CCC(CN2CCCC2)CC1)C1CC1. The van der Waals surface area contributed by atoms with Gasteiger partial charge in [-0.25, -0.2) is 4.98 Å². The molecule has 194 valence electrons. The largest absolute Gasteiger partial charge is 0.505 e. The molecule has 0 unspecified atom stereocenters. The summed E-state index contributed by atoms with van der Waals surface area (Å²) in [6.07, 6.45) is 9.32. The molecule has 0 atom stereocenters. The van der Waals surface area contributed by atoms with E-state index in [-0.39, 0.29) is 27.5 Å². The van der Waals surface area contributed by atoms with Crippen LogP contribution in [-0.4, -0.2) is 46.4 Å². The maximum absolute atomic E-state index is 13.3. The number of aromatic nitrogens is 1. The summed E-state index contributed by atoms with van der Waals surface area (Å²) >= 11 is 12.3. The highest BCUT2D eigenvalue weighted by Gasteiger charge is 2.33. The molecule has 0 amide bonds. The predicted molar refractivity (Wildman–Crippen MR) is 151 cm³/mol. The smallest absolute Gasteiger partial charge is 0.169 e. The Morgan fingerprint density at radius 2 is 1.65 bits per heavy atom. The van der Waals surface area contributed by atoms with Crippen molar-refractivity contribution in [3.05, 3.63) is 52.0 Å². The molecule has 1 aromatic heterocycles. The number of likely N-dealkylation sites (tertiary alicyclic amines) is 1. The molecule has 2 aliphatic carbocycles. The lowest BCUT2D eigenvalue weighted by Gasteiger charge is -2.32. The number of hydrogen-bond donors (Lipinski definition) is 2. The van der Waals surface area contributed by atoms with Crippen molar-refractivity contribution in [2.45, 2.75) is 57.4 Å². The summed E-state index contributed by atoms with van der Waals surface area (Å²) in [5, 5.41) is 14.9. The fraction of sp³-hybridized carbons (Fsp3) is 0.467. The average molecular weight is 539 g/mol. The molecule has 5 nitrogen and oxygen atoms in total. The first-order chi connectivity index (χ1) is 17.9. The number of carbonyl (C=O) groups excluding carboxylic acids is 1. The van der Waals surface area contributed by atoms with Crippen molar-refractivity contribution >= 4 is 45.7 Å². The Morgan fingerprint density at radius 1 is 0.946 bits per heavy atom. The van der Waals surface area contributed by atoms with Gasteiger partial charge < -0.3 is 15.3 Å². The lowest BCUT2D eigenvalue weighted by Crippen LogP contribution is -2.33. The molecular weight excluding hydrogens is 505 g/mol. The molecule has 3 aromatic rings. The summed E-state index contributed by atoms with van der Waals surface area (Å²) < 4.78 is 0. The minimum Gasteiger partial charge on any atom is -0.505 e. The van der Waals surface area contributed by atoms with E-state index in [0.717, 1.165) is 59.4 Å². The van der Waals surface area contributed by atoms with Gasteiger partial charge in [0.05, 0.1) is 21.1 Å². The first-order valence-electron chi connectivity index (χ1n) is 13.6. The van der Waals surface area contributed by atoms with Crippen molar-refractivity contribution in [2.24, 2.45) is 11.8 Å². The minimum absolute atomic E-state index is 0.118. The van der Waals surface area contributed by atoms with Crippen LogP contribution in [0.5, 0.6) is 5.75 Å². The number of nitrogens with one attached hydrogen (secondary N) is 1. The standard InChI is InChI=1S/C30H33Cl2N3O2/c31-25-15-21(16-26(32)29(25)37)20-7-10-27-22(13-20)14-24(28(36)19-5-6-19)30(34-27)33-23-8-3-18(4-9-23)17-35-11-1-2-12-35/h7,10,13-16,18-19,23,37H,1-6,8-9,11-12,17H2,(H,33,34). The second-order valence-electron chi connectivity index (χ2n) is 11.1. The zero-order valence-corrected chi connectivity index (χ0v) is 22.5. The molecule has 7 heteroatoms. The molecular formula is C30H33Cl2N3O2. The molecule has 3 fully saturated rings. The van der Waals surface area contributed by atoms with Crippen LogP contribution >= 0.6 is 23.2 Å². The van der Waals surface area contributed by atoms with Gasteiger partial charge in [-0.2, -0.15) is 0 Å². The van der Waals surface area contributed by atoms with Crippen molar-refractivity contribution in [1.82, 2.24) is 9.88 Å². The average Bonchev–Trinajstić information content (AvgIpc) is 3.63. The van der Waals surface area contributed by atoms with Gasteiger partial charge in [0.1, 0.15) is 5.82 Å². The lowest BCUT2D eigenvalue weighted by molar-refractivity contribution is 0.0968. The number of ketones is 1. The first-order valence-corrected chi connectivity index (χ1v) is 14.4. The van der Waals surface area contributed by atoms with Gasteiger partial charge in [0.2, 0.25) is 0 Å². The summed E-state index contributed by atoms with van der Waals surface area (Å²) in [4.78, 5) is 20.9. The minimum atomic E-state index is -0.118. The monoisotopic (exact) mass is 537 g/mol. The van der Waals surface area contributed by atoms with E-state index in [1.807, 2.05) is 24.3 Å². The number of anilines is 1. The quantitative estimate of drug-likeness (QED) is 0.304. The summed E-state index contributed by atoms with van der Waals surface area (Å²) in [6, 6.07) is 11.7. The van der Waals surface area contributed by atoms with Crippen LogP contribution in [0.2, 0.25) is 10.0 Å². The molecule has 1 saturated heterocycles. The Kier molecular flexibility index (Phi) is 7.04. The van der Waals surface area contributed by atoms with Crippen LogP contribution in [-0.2, 0) is 0 Å². The van der Waals surface area contributed by atoms with Gasteiger partial charge in [-0.3, -0.25) is 4.79 Å². The summed E-state index contributed by atoms with van der Waals surface area (Å²) in [5.74, 6) is 1.71. The predicted octanol–water partition coefficient (Wildman–Crippen LogP) is 7.57. The fourth-order valence-corrected chi connectivity index (χ4v) is 6.45. The maximum atomic E-state index is 13.3. The number of Topliss-reactive ketones (excluding diaryl/α,β-unsaturated/α-hetero) is 1. The van der Waals surface area contributed by atoms with Crippen molar-refractivity contribution in [3.8, 4) is 16.9 Å². The van der Waals surface area contributed by atoms with Gasteiger partial charge in [-0.1, -0.05) is 29.3 Å². The lowest BCUT2D eigenvalue weighted by atomic mass is 9.85. The second-order valence-corrected chi connectivity index (χ2v) is 11.9. The van der Waals surface area contributed by atoms with Gasteiger partial charge >= 0.3 is 0 Å². The van der Waals surface area contributed by atoms with Crippen molar-refractivity contribution in [1.29, 1.82) is 0 Å². The number of hydrogen-bond acceptors (Lipinski definition) is 5. The van der Waals surface area contributed by atoms with Crippen molar-refractivity contribution in [2.75, 3.05) is 25.0 Å². The van der Waals surface area contributed by atoms with E-state index in [0.29, 0.717) is 11.6 Å².